The van der Waals surface area contributed by atoms with E-state index in [4.69, 9.17) is 0 Å². The summed E-state index contributed by atoms with van der Waals surface area (Å²) in [6.45, 7) is 0. The Balaban J connectivity index is 2.34. The van der Waals surface area contributed by atoms with Crippen molar-refractivity contribution in [3.8, 4) is 0 Å². The Hall–Kier alpha value is -2.24. The Labute approximate surface area is 86.1 Å². The van der Waals surface area contributed by atoms with Gasteiger partial charge in [0.1, 0.15) is 0 Å². The number of hydrogen-bond donors (Lipinski definition) is 2. The van der Waals surface area contributed by atoms with Gasteiger partial charge in [-0.25, -0.2) is 19.4 Å². The number of benzene rings is 1. The van der Waals surface area contributed by atoms with Gasteiger partial charge in [-0.1, -0.05) is 18.2 Å². The summed E-state index contributed by atoms with van der Waals surface area (Å²) in [4.78, 5) is 29.7. The molecule has 0 spiro atoms. The van der Waals surface area contributed by atoms with Gasteiger partial charge in [-0.2, -0.15) is 0 Å². The highest BCUT2D eigenvalue weighted by Crippen LogP contribution is 2.05. The van der Waals surface area contributed by atoms with Crippen LogP contribution in [-0.2, 0) is 9.78 Å². The quantitative estimate of drug-likeness (QED) is 0.544. The third-order valence-corrected chi connectivity index (χ3v) is 1.42. The molecule has 0 bridgehead atoms. The molecule has 15 heavy (non-hydrogen) atoms. The lowest BCUT2D eigenvalue weighted by atomic mass is 10.3. The van der Waals surface area contributed by atoms with Crippen LogP contribution in [0.15, 0.2) is 30.3 Å². The van der Waals surface area contributed by atoms with E-state index in [0.29, 0.717) is 5.69 Å². The van der Waals surface area contributed by atoms with Gasteiger partial charge in [0.05, 0.1) is 0 Å². The molecule has 0 atom stereocenters. The zero-order chi connectivity index (χ0) is 11.1. The molecule has 80 valence electrons. The summed E-state index contributed by atoms with van der Waals surface area (Å²) in [6, 6.07) is 8.63. The van der Waals surface area contributed by atoms with Crippen molar-refractivity contribution in [2.75, 3.05) is 12.4 Å². The Bertz CT molecular complexity index is 339. The monoisotopic (exact) mass is 210 g/mol. The molecule has 0 aromatic heterocycles. The van der Waals surface area contributed by atoms with Crippen molar-refractivity contribution < 1.29 is 19.4 Å². The molecule has 1 aromatic rings. The summed E-state index contributed by atoms with van der Waals surface area (Å²) in [7, 11) is 1.35. The largest absolute Gasteiger partial charge is 0.454 e. The number of anilines is 1. The summed E-state index contributed by atoms with van der Waals surface area (Å²) < 4.78 is 0. The number of carbonyl (C=O) groups is 2. The summed E-state index contributed by atoms with van der Waals surface area (Å²) in [5.74, 6) is 0. The van der Waals surface area contributed by atoms with Crippen LogP contribution < -0.4 is 10.6 Å². The summed E-state index contributed by atoms with van der Waals surface area (Å²) in [6.07, 6.45) is -1.72. The van der Waals surface area contributed by atoms with Crippen LogP contribution in [0.25, 0.3) is 0 Å². The van der Waals surface area contributed by atoms with E-state index in [9.17, 15) is 9.59 Å². The van der Waals surface area contributed by atoms with Crippen LogP contribution in [0.5, 0.6) is 0 Å². The molecule has 6 nitrogen and oxygen atoms in total. The molecule has 0 aliphatic rings. The van der Waals surface area contributed by atoms with Crippen LogP contribution in [0.3, 0.4) is 0 Å². The second-order valence-corrected chi connectivity index (χ2v) is 2.48. The number of rotatable bonds is 1. The van der Waals surface area contributed by atoms with Crippen molar-refractivity contribution in [2.45, 2.75) is 0 Å². The second kappa shape index (κ2) is 5.48. The predicted octanol–water partition coefficient (Wildman–Crippen LogP) is 1.51. The van der Waals surface area contributed by atoms with E-state index in [1.807, 2.05) is 0 Å². The summed E-state index contributed by atoms with van der Waals surface area (Å²) in [5.41, 5.74) is 0.544. The van der Waals surface area contributed by atoms with Gasteiger partial charge in [0.15, 0.2) is 0 Å². The van der Waals surface area contributed by atoms with E-state index in [1.54, 1.807) is 30.3 Å². The summed E-state index contributed by atoms with van der Waals surface area (Å²) >= 11 is 0. The van der Waals surface area contributed by atoms with Gasteiger partial charge in [0.25, 0.3) is 0 Å². The van der Waals surface area contributed by atoms with Crippen LogP contribution in [0.1, 0.15) is 0 Å². The van der Waals surface area contributed by atoms with Crippen molar-refractivity contribution >= 4 is 17.9 Å². The molecule has 6 heteroatoms. The average Bonchev–Trinajstić information content (AvgIpc) is 2.27. The minimum Gasteiger partial charge on any atom is -0.321 e. The van der Waals surface area contributed by atoms with E-state index in [0.717, 1.165) is 0 Å². The van der Waals surface area contributed by atoms with Crippen molar-refractivity contribution in [3.63, 3.8) is 0 Å². The molecule has 0 saturated carbocycles. The SMILES string of the molecule is CNC(=O)OOC(=O)Nc1ccccc1. The van der Waals surface area contributed by atoms with Gasteiger partial charge in [-0.3, -0.25) is 5.32 Å². The second-order valence-electron chi connectivity index (χ2n) is 2.48. The average molecular weight is 210 g/mol. The summed E-state index contributed by atoms with van der Waals surface area (Å²) in [5, 5.41) is 4.47. The predicted molar refractivity (Wildman–Crippen MR) is 52.1 cm³/mol. The number of nitrogens with one attached hydrogen (secondary N) is 2. The third-order valence-electron chi connectivity index (χ3n) is 1.42. The topological polar surface area (TPSA) is 76.7 Å². The van der Waals surface area contributed by atoms with Gasteiger partial charge >= 0.3 is 12.2 Å². The Morgan fingerprint density at radius 3 is 2.27 bits per heavy atom. The zero-order valence-corrected chi connectivity index (χ0v) is 8.02. The van der Waals surface area contributed by atoms with Crippen molar-refractivity contribution in [1.82, 2.24) is 5.32 Å². The van der Waals surface area contributed by atoms with Crippen LogP contribution in [0.2, 0.25) is 0 Å². The molecular weight excluding hydrogens is 200 g/mol. The normalized spacial score (nSPS) is 8.87. The fraction of sp³-hybridized carbons (Fsp3) is 0.111. The molecule has 1 aromatic carbocycles. The molecule has 2 amide bonds. The molecule has 0 radical (unpaired) electrons. The molecule has 2 N–H and O–H groups in total. The molecule has 0 heterocycles. The third kappa shape index (κ3) is 3.99. The molecule has 1 rings (SSSR count). The number of carbonyl (C=O) groups excluding carboxylic acids is 2. The Morgan fingerprint density at radius 2 is 1.67 bits per heavy atom. The lowest BCUT2D eigenvalue weighted by molar-refractivity contribution is -0.173. The van der Waals surface area contributed by atoms with Crippen LogP contribution in [-0.4, -0.2) is 19.2 Å². The van der Waals surface area contributed by atoms with E-state index in [-0.39, 0.29) is 0 Å². The maximum Gasteiger partial charge on any atom is 0.454 e. The van der Waals surface area contributed by atoms with Crippen molar-refractivity contribution in [3.05, 3.63) is 30.3 Å². The number of amides is 2. The standard InChI is InChI=1S/C9H10N2O4/c1-10-8(12)14-15-9(13)11-7-5-3-2-4-6-7/h2-6H,1H3,(H,10,12)(H,11,13). The Kier molecular flexibility index (Phi) is 3.96. The van der Waals surface area contributed by atoms with Crippen LogP contribution >= 0.6 is 0 Å². The first kappa shape index (κ1) is 10.8. The maximum absolute atomic E-state index is 11.0. The lowest BCUT2D eigenvalue weighted by Gasteiger charge is -2.03. The molecule has 0 fully saturated rings. The first-order chi connectivity index (χ1) is 7.22. The van der Waals surface area contributed by atoms with E-state index >= 15 is 0 Å². The molecular formula is C9H10N2O4. The minimum absolute atomic E-state index is 0.544. The number of hydrogen-bond acceptors (Lipinski definition) is 4. The molecule has 0 aliphatic heterocycles. The molecule has 0 saturated heterocycles. The van der Waals surface area contributed by atoms with Gasteiger partial charge in [0, 0.05) is 12.7 Å². The first-order valence-corrected chi connectivity index (χ1v) is 4.14. The maximum atomic E-state index is 11.0. The van der Waals surface area contributed by atoms with Crippen LogP contribution in [0.4, 0.5) is 15.3 Å². The van der Waals surface area contributed by atoms with E-state index in [1.165, 1.54) is 7.05 Å². The fourth-order valence-corrected chi connectivity index (χ4v) is 0.778. The zero-order valence-electron chi connectivity index (χ0n) is 8.02. The highest BCUT2D eigenvalue weighted by Gasteiger charge is 2.07. The molecule has 0 aliphatic carbocycles. The number of para-hydroxylation sites is 1. The van der Waals surface area contributed by atoms with Crippen LogP contribution in [0, 0.1) is 0 Å². The fourth-order valence-electron chi connectivity index (χ4n) is 0.778. The molecule has 0 unspecified atom stereocenters. The highest BCUT2D eigenvalue weighted by molar-refractivity contribution is 5.84. The van der Waals surface area contributed by atoms with Gasteiger partial charge in [-0.05, 0) is 12.1 Å². The van der Waals surface area contributed by atoms with E-state index in [2.05, 4.69) is 20.4 Å². The minimum atomic E-state index is -0.871. The van der Waals surface area contributed by atoms with E-state index < -0.39 is 12.2 Å². The Morgan fingerprint density at radius 1 is 1.07 bits per heavy atom. The lowest BCUT2D eigenvalue weighted by Crippen LogP contribution is -2.23. The van der Waals surface area contributed by atoms with Gasteiger partial charge < -0.3 is 5.32 Å². The van der Waals surface area contributed by atoms with Gasteiger partial charge in [0.2, 0.25) is 0 Å². The van der Waals surface area contributed by atoms with Crippen molar-refractivity contribution in [2.24, 2.45) is 0 Å². The highest BCUT2D eigenvalue weighted by atomic mass is 17.2. The smallest absolute Gasteiger partial charge is 0.321 e. The van der Waals surface area contributed by atoms with Crippen molar-refractivity contribution in [1.29, 1.82) is 0 Å². The first-order valence-electron chi connectivity index (χ1n) is 4.14. The van der Waals surface area contributed by atoms with Gasteiger partial charge in [-0.15, -0.1) is 0 Å².